The summed E-state index contributed by atoms with van der Waals surface area (Å²) in [4.78, 5) is 22.3. The predicted molar refractivity (Wildman–Crippen MR) is 92.4 cm³/mol. The van der Waals surface area contributed by atoms with Gasteiger partial charge in [-0.05, 0) is 30.9 Å². The lowest BCUT2D eigenvalue weighted by atomic mass is 9.96. The lowest BCUT2D eigenvalue weighted by Crippen LogP contribution is -2.39. The summed E-state index contributed by atoms with van der Waals surface area (Å²) < 4.78 is 4.95. The maximum Gasteiger partial charge on any atom is 0.244 e. The van der Waals surface area contributed by atoms with Crippen molar-refractivity contribution in [2.24, 2.45) is 5.92 Å². The summed E-state index contributed by atoms with van der Waals surface area (Å²) in [5, 5.41) is 12.1. The first-order chi connectivity index (χ1) is 12.3. The summed E-state index contributed by atoms with van der Waals surface area (Å²) >= 11 is 0. The van der Waals surface area contributed by atoms with Crippen LogP contribution in [0.15, 0.2) is 41.5 Å². The van der Waals surface area contributed by atoms with Crippen molar-refractivity contribution in [3.8, 4) is 6.07 Å². The Labute approximate surface area is 146 Å². The number of piperidine rings is 1. The smallest absolute Gasteiger partial charge is 0.244 e. The van der Waals surface area contributed by atoms with E-state index in [0.717, 1.165) is 31.5 Å². The highest BCUT2D eigenvalue weighted by Gasteiger charge is 2.22. The Kier molecular flexibility index (Phi) is 5.42. The van der Waals surface area contributed by atoms with Gasteiger partial charge in [0.1, 0.15) is 6.07 Å². The van der Waals surface area contributed by atoms with E-state index in [2.05, 4.69) is 26.3 Å². The molecule has 1 N–H and O–H groups in total. The highest BCUT2D eigenvalue weighted by Crippen LogP contribution is 2.22. The lowest BCUT2D eigenvalue weighted by molar-refractivity contribution is -0.116. The molecule has 1 amide bonds. The molecule has 0 atom stereocenters. The fourth-order valence-electron chi connectivity index (χ4n) is 2.84. The zero-order chi connectivity index (χ0) is 17.5. The molecule has 3 rings (SSSR count). The van der Waals surface area contributed by atoms with E-state index < -0.39 is 0 Å². The first-order valence-electron chi connectivity index (χ1n) is 8.20. The van der Waals surface area contributed by atoms with Crippen LogP contribution < -0.4 is 10.2 Å². The molecule has 1 fully saturated rings. The maximum absolute atomic E-state index is 11.9. The van der Waals surface area contributed by atoms with E-state index in [1.165, 1.54) is 12.3 Å². The largest absolute Gasteiger partial charge is 0.472 e. The Morgan fingerprint density at radius 3 is 2.92 bits per heavy atom. The van der Waals surface area contributed by atoms with Crippen molar-refractivity contribution < 1.29 is 9.21 Å². The first kappa shape index (κ1) is 16.7. The van der Waals surface area contributed by atoms with Crippen LogP contribution >= 0.6 is 0 Å². The van der Waals surface area contributed by atoms with Crippen molar-refractivity contribution in [1.82, 2.24) is 15.3 Å². The fraction of sp³-hybridized carbons (Fsp3) is 0.333. The Bertz CT molecular complexity index is 771. The maximum atomic E-state index is 11.9. The van der Waals surface area contributed by atoms with Gasteiger partial charge in [0.2, 0.25) is 5.91 Å². The second kappa shape index (κ2) is 8.11. The number of rotatable bonds is 5. The van der Waals surface area contributed by atoms with Gasteiger partial charge in [0, 0.05) is 43.7 Å². The third-order valence-electron chi connectivity index (χ3n) is 4.23. The molecular weight excluding hydrogens is 318 g/mol. The number of aromatic nitrogens is 2. The van der Waals surface area contributed by atoms with Gasteiger partial charge >= 0.3 is 0 Å². The van der Waals surface area contributed by atoms with E-state index >= 15 is 0 Å². The highest BCUT2D eigenvalue weighted by molar-refractivity contribution is 5.91. The van der Waals surface area contributed by atoms with E-state index in [1.807, 2.05) is 0 Å². The molecule has 1 aliphatic heterocycles. The van der Waals surface area contributed by atoms with Crippen LogP contribution in [0.3, 0.4) is 0 Å². The molecule has 0 saturated carbocycles. The van der Waals surface area contributed by atoms with Crippen molar-refractivity contribution in [2.45, 2.75) is 12.8 Å². The standard InChI is InChI=1S/C18H19N5O2/c19-11-16-18(21-7-6-20-16)23-8-3-14(4-9-23)12-22-17(24)2-1-15-5-10-25-13-15/h1-2,5-7,10,13-14H,3-4,8-9,12H2,(H,22,24)/b2-1+. The van der Waals surface area contributed by atoms with Gasteiger partial charge in [-0.15, -0.1) is 0 Å². The number of hydrogen-bond acceptors (Lipinski definition) is 6. The average Bonchev–Trinajstić information content (AvgIpc) is 3.19. The molecule has 0 aromatic carbocycles. The molecule has 2 aromatic rings. The lowest BCUT2D eigenvalue weighted by Gasteiger charge is -2.32. The molecule has 0 unspecified atom stereocenters. The molecule has 3 heterocycles. The van der Waals surface area contributed by atoms with Gasteiger partial charge in [-0.25, -0.2) is 9.97 Å². The van der Waals surface area contributed by atoms with Crippen molar-refractivity contribution >= 4 is 17.8 Å². The molecular formula is C18H19N5O2. The fourth-order valence-corrected chi connectivity index (χ4v) is 2.84. The molecule has 7 nitrogen and oxygen atoms in total. The Morgan fingerprint density at radius 1 is 1.40 bits per heavy atom. The number of carbonyl (C=O) groups is 1. The van der Waals surface area contributed by atoms with Crippen LogP contribution in [0.2, 0.25) is 0 Å². The van der Waals surface area contributed by atoms with Gasteiger partial charge < -0.3 is 14.6 Å². The number of nitriles is 1. The third kappa shape index (κ3) is 4.44. The van der Waals surface area contributed by atoms with Crippen LogP contribution in [0.4, 0.5) is 5.82 Å². The van der Waals surface area contributed by atoms with Crippen molar-refractivity contribution in [3.63, 3.8) is 0 Å². The average molecular weight is 337 g/mol. The van der Waals surface area contributed by atoms with Crippen molar-refractivity contribution in [3.05, 3.63) is 48.3 Å². The predicted octanol–water partition coefficient (Wildman–Crippen LogP) is 1.99. The number of hydrogen-bond donors (Lipinski definition) is 1. The van der Waals surface area contributed by atoms with Gasteiger partial charge in [0.15, 0.2) is 11.5 Å². The molecule has 7 heteroatoms. The molecule has 25 heavy (non-hydrogen) atoms. The summed E-state index contributed by atoms with van der Waals surface area (Å²) in [5.41, 5.74) is 1.22. The van der Waals surface area contributed by atoms with E-state index in [9.17, 15) is 4.79 Å². The van der Waals surface area contributed by atoms with E-state index in [0.29, 0.717) is 24.0 Å². The highest BCUT2D eigenvalue weighted by atomic mass is 16.3. The van der Waals surface area contributed by atoms with Crippen molar-refractivity contribution in [1.29, 1.82) is 5.26 Å². The Balaban J connectivity index is 1.45. The zero-order valence-electron chi connectivity index (χ0n) is 13.8. The number of carbonyl (C=O) groups excluding carboxylic acids is 1. The number of amides is 1. The quantitative estimate of drug-likeness (QED) is 0.838. The first-order valence-corrected chi connectivity index (χ1v) is 8.20. The SMILES string of the molecule is N#Cc1nccnc1N1CCC(CNC(=O)/C=C/c2ccoc2)CC1. The summed E-state index contributed by atoms with van der Waals surface area (Å²) in [5.74, 6) is 0.963. The monoisotopic (exact) mass is 337 g/mol. The summed E-state index contributed by atoms with van der Waals surface area (Å²) in [7, 11) is 0. The second-order valence-electron chi connectivity index (χ2n) is 5.91. The van der Waals surface area contributed by atoms with Crippen LogP contribution in [-0.4, -0.2) is 35.5 Å². The van der Waals surface area contributed by atoms with Crippen LogP contribution in [0.1, 0.15) is 24.1 Å². The normalized spacial score (nSPS) is 15.2. The zero-order valence-corrected chi connectivity index (χ0v) is 13.8. The molecule has 128 valence electrons. The molecule has 0 bridgehead atoms. The van der Waals surface area contributed by atoms with Crippen LogP contribution in [0, 0.1) is 17.2 Å². The van der Waals surface area contributed by atoms with Gasteiger partial charge in [0.25, 0.3) is 0 Å². The molecule has 1 aliphatic rings. The van der Waals surface area contributed by atoms with Gasteiger partial charge in [-0.1, -0.05) is 0 Å². The van der Waals surface area contributed by atoms with Crippen LogP contribution in [0.5, 0.6) is 0 Å². The molecule has 2 aromatic heterocycles. The van der Waals surface area contributed by atoms with E-state index in [-0.39, 0.29) is 5.91 Å². The minimum absolute atomic E-state index is 0.107. The number of furan rings is 1. The minimum atomic E-state index is -0.107. The number of nitrogens with one attached hydrogen (secondary N) is 1. The van der Waals surface area contributed by atoms with Crippen LogP contribution in [0.25, 0.3) is 6.08 Å². The second-order valence-corrected chi connectivity index (χ2v) is 5.91. The molecule has 1 saturated heterocycles. The summed E-state index contributed by atoms with van der Waals surface area (Å²) in [6.45, 7) is 2.26. The Hall–Kier alpha value is -3.14. The summed E-state index contributed by atoms with van der Waals surface area (Å²) in [6, 6.07) is 3.88. The topological polar surface area (TPSA) is 95.0 Å². The minimum Gasteiger partial charge on any atom is -0.472 e. The molecule has 0 spiro atoms. The summed E-state index contributed by atoms with van der Waals surface area (Å²) in [6.07, 6.45) is 11.4. The number of anilines is 1. The van der Waals surface area contributed by atoms with Gasteiger partial charge in [0.05, 0.1) is 12.5 Å². The van der Waals surface area contributed by atoms with Gasteiger partial charge in [-0.2, -0.15) is 5.26 Å². The third-order valence-corrected chi connectivity index (χ3v) is 4.23. The molecule has 0 aliphatic carbocycles. The Morgan fingerprint density at radius 2 is 2.20 bits per heavy atom. The van der Waals surface area contributed by atoms with Gasteiger partial charge in [-0.3, -0.25) is 4.79 Å². The molecule has 0 radical (unpaired) electrons. The van der Waals surface area contributed by atoms with E-state index in [1.54, 1.807) is 30.9 Å². The van der Waals surface area contributed by atoms with Crippen molar-refractivity contribution in [2.75, 3.05) is 24.5 Å². The number of nitrogens with zero attached hydrogens (tertiary/aromatic N) is 4. The van der Waals surface area contributed by atoms with E-state index in [4.69, 9.17) is 9.68 Å². The van der Waals surface area contributed by atoms with Crippen LogP contribution in [-0.2, 0) is 4.79 Å².